The lowest BCUT2D eigenvalue weighted by molar-refractivity contribution is 0.401. The third-order valence-corrected chi connectivity index (χ3v) is 2.87. The van der Waals surface area contributed by atoms with Gasteiger partial charge in [0.2, 0.25) is 0 Å². The summed E-state index contributed by atoms with van der Waals surface area (Å²) >= 11 is 0. The number of methoxy groups -OCH3 is 1. The predicted molar refractivity (Wildman–Crippen MR) is 52.1 cm³/mol. The molecule has 0 amide bonds. The fraction of sp³-hybridized carbons (Fsp3) is 0.545. The largest absolute Gasteiger partial charge is 0.495 e. The molecule has 2 heteroatoms. The van der Waals surface area contributed by atoms with Gasteiger partial charge < -0.3 is 4.74 Å². The second-order valence-electron chi connectivity index (χ2n) is 3.70. The van der Waals surface area contributed by atoms with Crippen LogP contribution in [0.3, 0.4) is 0 Å². The van der Waals surface area contributed by atoms with Crippen LogP contribution >= 0.6 is 0 Å². The van der Waals surface area contributed by atoms with Gasteiger partial charge in [0.1, 0.15) is 5.75 Å². The molecule has 0 saturated carbocycles. The molecular weight excluding hydrogens is 162 g/mol. The third-order valence-electron chi connectivity index (χ3n) is 2.87. The Bertz CT molecular complexity index is 309. The van der Waals surface area contributed by atoms with E-state index in [0.717, 1.165) is 12.2 Å². The first kappa shape index (κ1) is 8.54. The normalized spacial score (nSPS) is 20.9. The maximum absolute atomic E-state index is 5.30. The molecular formula is C11H15NO. The van der Waals surface area contributed by atoms with Crippen molar-refractivity contribution < 1.29 is 4.74 Å². The molecule has 2 nitrogen and oxygen atoms in total. The minimum atomic E-state index is 0.645. The Balaban J connectivity index is 2.48. The van der Waals surface area contributed by atoms with E-state index in [4.69, 9.17) is 4.74 Å². The summed E-state index contributed by atoms with van der Waals surface area (Å²) in [6, 6.07) is 0. The SMILES string of the molecule is COc1cncc2c1CCCC2C. The quantitative estimate of drug-likeness (QED) is 0.657. The van der Waals surface area contributed by atoms with Crippen LogP contribution in [0.2, 0.25) is 0 Å². The highest BCUT2D eigenvalue weighted by Gasteiger charge is 2.19. The first-order valence-corrected chi connectivity index (χ1v) is 4.83. The number of aromatic nitrogens is 1. The Morgan fingerprint density at radius 1 is 1.46 bits per heavy atom. The van der Waals surface area contributed by atoms with Crippen molar-refractivity contribution in [1.82, 2.24) is 4.98 Å². The molecule has 70 valence electrons. The molecule has 0 aliphatic heterocycles. The van der Waals surface area contributed by atoms with E-state index in [1.165, 1.54) is 24.0 Å². The fourth-order valence-electron chi connectivity index (χ4n) is 2.09. The zero-order valence-corrected chi connectivity index (χ0v) is 8.21. The van der Waals surface area contributed by atoms with Gasteiger partial charge in [-0.05, 0) is 30.7 Å². The predicted octanol–water partition coefficient (Wildman–Crippen LogP) is 2.53. The summed E-state index contributed by atoms with van der Waals surface area (Å²) in [6.07, 6.45) is 7.50. The van der Waals surface area contributed by atoms with Gasteiger partial charge in [0.05, 0.1) is 13.3 Å². The number of pyridine rings is 1. The second-order valence-corrected chi connectivity index (χ2v) is 3.70. The Hall–Kier alpha value is -1.05. The number of rotatable bonds is 1. The van der Waals surface area contributed by atoms with Crippen LogP contribution in [0.25, 0.3) is 0 Å². The number of nitrogens with zero attached hydrogens (tertiary/aromatic N) is 1. The molecule has 13 heavy (non-hydrogen) atoms. The summed E-state index contributed by atoms with van der Waals surface area (Å²) < 4.78 is 5.30. The number of ether oxygens (including phenoxy) is 1. The molecule has 2 rings (SSSR count). The maximum Gasteiger partial charge on any atom is 0.140 e. The van der Waals surface area contributed by atoms with Crippen molar-refractivity contribution >= 4 is 0 Å². The van der Waals surface area contributed by atoms with Crippen LogP contribution in [0.4, 0.5) is 0 Å². The highest BCUT2D eigenvalue weighted by molar-refractivity contribution is 5.40. The number of fused-ring (bicyclic) bond motifs is 1. The highest BCUT2D eigenvalue weighted by atomic mass is 16.5. The molecule has 1 aromatic rings. The molecule has 0 bridgehead atoms. The lowest BCUT2D eigenvalue weighted by atomic mass is 9.85. The van der Waals surface area contributed by atoms with Crippen LogP contribution in [0.5, 0.6) is 5.75 Å². The molecule has 1 aromatic heterocycles. The van der Waals surface area contributed by atoms with Gasteiger partial charge in [-0.2, -0.15) is 0 Å². The van der Waals surface area contributed by atoms with Crippen LogP contribution in [0, 0.1) is 0 Å². The van der Waals surface area contributed by atoms with Gasteiger partial charge in [-0.3, -0.25) is 4.98 Å². The number of hydrogen-bond donors (Lipinski definition) is 0. The van der Waals surface area contributed by atoms with Gasteiger partial charge in [0.25, 0.3) is 0 Å². The molecule has 0 fully saturated rings. The molecule has 1 aliphatic rings. The van der Waals surface area contributed by atoms with Crippen LogP contribution in [-0.2, 0) is 6.42 Å². The molecule has 1 heterocycles. The molecule has 1 atom stereocenters. The molecule has 0 N–H and O–H groups in total. The fourth-order valence-corrected chi connectivity index (χ4v) is 2.09. The van der Waals surface area contributed by atoms with Crippen molar-refractivity contribution in [2.45, 2.75) is 32.1 Å². The lowest BCUT2D eigenvalue weighted by Crippen LogP contribution is -2.09. The van der Waals surface area contributed by atoms with Gasteiger partial charge in [0.15, 0.2) is 0 Å². The van der Waals surface area contributed by atoms with E-state index in [9.17, 15) is 0 Å². The zero-order valence-electron chi connectivity index (χ0n) is 8.21. The van der Waals surface area contributed by atoms with Crippen LogP contribution < -0.4 is 4.74 Å². The minimum Gasteiger partial charge on any atom is -0.495 e. The van der Waals surface area contributed by atoms with Crippen molar-refractivity contribution in [3.8, 4) is 5.75 Å². The summed E-state index contributed by atoms with van der Waals surface area (Å²) in [5.74, 6) is 1.61. The highest BCUT2D eigenvalue weighted by Crippen LogP contribution is 2.35. The van der Waals surface area contributed by atoms with Crippen LogP contribution in [-0.4, -0.2) is 12.1 Å². The van der Waals surface area contributed by atoms with Gasteiger partial charge >= 0.3 is 0 Å². The first-order valence-electron chi connectivity index (χ1n) is 4.83. The summed E-state index contributed by atoms with van der Waals surface area (Å²) in [5, 5.41) is 0. The van der Waals surface area contributed by atoms with E-state index in [1.54, 1.807) is 7.11 Å². The standard InChI is InChI=1S/C11H15NO/c1-8-4-3-5-9-10(8)6-12-7-11(9)13-2/h6-8H,3-5H2,1-2H3. The van der Waals surface area contributed by atoms with E-state index >= 15 is 0 Å². The van der Waals surface area contributed by atoms with E-state index in [0.29, 0.717) is 5.92 Å². The monoisotopic (exact) mass is 177 g/mol. The Morgan fingerprint density at radius 2 is 2.31 bits per heavy atom. The molecule has 1 aliphatic carbocycles. The van der Waals surface area contributed by atoms with E-state index < -0.39 is 0 Å². The number of hydrogen-bond acceptors (Lipinski definition) is 2. The van der Waals surface area contributed by atoms with Crippen molar-refractivity contribution in [3.63, 3.8) is 0 Å². The summed E-state index contributed by atoms with van der Waals surface area (Å²) in [6.45, 7) is 2.26. The third kappa shape index (κ3) is 1.41. The van der Waals surface area contributed by atoms with E-state index in [2.05, 4.69) is 11.9 Å². The van der Waals surface area contributed by atoms with Crippen molar-refractivity contribution in [1.29, 1.82) is 0 Å². The summed E-state index contributed by atoms with van der Waals surface area (Å²) in [4.78, 5) is 4.19. The molecule has 0 spiro atoms. The Kier molecular flexibility index (Phi) is 2.21. The summed E-state index contributed by atoms with van der Waals surface area (Å²) in [7, 11) is 1.72. The van der Waals surface area contributed by atoms with Gasteiger partial charge in [0, 0.05) is 11.8 Å². The Labute approximate surface area is 78.9 Å². The minimum absolute atomic E-state index is 0.645. The smallest absolute Gasteiger partial charge is 0.140 e. The Morgan fingerprint density at radius 3 is 3.08 bits per heavy atom. The summed E-state index contributed by atoms with van der Waals surface area (Å²) in [5.41, 5.74) is 2.75. The average molecular weight is 177 g/mol. The molecule has 0 saturated heterocycles. The topological polar surface area (TPSA) is 22.1 Å². The van der Waals surface area contributed by atoms with Gasteiger partial charge in [-0.15, -0.1) is 0 Å². The van der Waals surface area contributed by atoms with E-state index in [-0.39, 0.29) is 0 Å². The first-order chi connectivity index (χ1) is 6.33. The average Bonchev–Trinajstić information content (AvgIpc) is 2.18. The molecule has 0 radical (unpaired) electrons. The van der Waals surface area contributed by atoms with Gasteiger partial charge in [-0.25, -0.2) is 0 Å². The maximum atomic E-state index is 5.30. The van der Waals surface area contributed by atoms with Crippen LogP contribution in [0.15, 0.2) is 12.4 Å². The van der Waals surface area contributed by atoms with Gasteiger partial charge in [-0.1, -0.05) is 6.92 Å². The molecule has 0 aromatic carbocycles. The van der Waals surface area contributed by atoms with Crippen molar-refractivity contribution in [3.05, 3.63) is 23.5 Å². The van der Waals surface area contributed by atoms with Crippen molar-refractivity contribution in [2.75, 3.05) is 7.11 Å². The lowest BCUT2D eigenvalue weighted by Gasteiger charge is -2.23. The van der Waals surface area contributed by atoms with Crippen LogP contribution in [0.1, 0.15) is 36.8 Å². The van der Waals surface area contributed by atoms with E-state index in [1.807, 2.05) is 12.4 Å². The second kappa shape index (κ2) is 3.36. The molecule has 1 unspecified atom stereocenters. The zero-order chi connectivity index (χ0) is 9.26. The van der Waals surface area contributed by atoms with Crippen molar-refractivity contribution in [2.24, 2.45) is 0 Å².